The van der Waals surface area contributed by atoms with Gasteiger partial charge in [0.2, 0.25) is 0 Å². The van der Waals surface area contributed by atoms with Crippen molar-refractivity contribution in [3.8, 4) is 0 Å². The fraction of sp³-hybridized carbons (Fsp3) is 0.600. The molecule has 0 heterocycles. The van der Waals surface area contributed by atoms with Crippen LogP contribution in [0.15, 0.2) is 81.5 Å². The van der Waals surface area contributed by atoms with Gasteiger partial charge in [0.05, 0.1) is 0 Å². The summed E-state index contributed by atoms with van der Waals surface area (Å²) in [4.78, 5) is 0. The van der Waals surface area contributed by atoms with E-state index in [1.165, 1.54) is 110 Å². The van der Waals surface area contributed by atoms with Crippen LogP contribution in [0.1, 0.15) is 132 Å². The fourth-order valence-electron chi connectivity index (χ4n) is 4.06. The molecule has 0 aliphatic rings. The van der Waals surface area contributed by atoms with Crippen molar-refractivity contribution in [1.29, 1.82) is 0 Å². The Balaban J connectivity index is 4.14. The summed E-state index contributed by atoms with van der Waals surface area (Å²) in [5.74, 6) is 0. The lowest BCUT2D eigenvalue weighted by molar-refractivity contribution is 0.883. The molecule has 0 saturated heterocycles. The first-order chi connectivity index (χ1) is 17.1. The van der Waals surface area contributed by atoms with Crippen LogP contribution in [0.4, 0.5) is 0 Å². The van der Waals surface area contributed by atoms with E-state index >= 15 is 0 Å². The van der Waals surface area contributed by atoms with Gasteiger partial charge in [0.15, 0.2) is 0 Å². The highest BCUT2D eigenvalue weighted by Crippen LogP contribution is 2.16. The standard InChI is InChI=1S/C35H57Br/c1-29(2)15-9-16-30(3)17-10-18-31(4)19-11-20-32(5)21-12-22-33(6)23-13-24-34(7)25-14-26-35(8)27-28-36/h15,17,19,21,23,25,27H,9-14,16,18,20,22,24,26,28H2,1-8H3/b30-17?,31-19?,32-21?,33-23+,34-25?,35-27+. The molecule has 204 valence electrons. The average molecular weight is 558 g/mol. The number of hydrogen-bond donors (Lipinski definition) is 0. The summed E-state index contributed by atoms with van der Waals surface area (Å²) in [5.41, 5.74) is 10.5. The summed E-state index contributed by atoms with van der Waals surface area (Å²) in [6, 6.07) is 0. The van der Waals surface area contributed by atoms with Gasteiger partial charge in [0, 0.05) is 5.33 Å². The van der Waals surface area contributed by atoms with Gasteiger partial charge >= 0.3 is 0 Å². The van der Waals surface area contributed by atoms with E-state index in [4.69, 9.17) is 0 Å². The van der Waals surface area contributed by atoms with Gasteiger partial charge in [-0.05, 0) is 132 Å². The molecule has 0 fully saturated rings. The maximum absolute atomic E-state index is 3.47. The lowest BCUT2D eigenvalue weighted by Gasteiger charge is -2.04. The Hall–Kier alpha value is -1.34. The molecule has 0 bridgehead atoms. The van der Waals surface area contributed by atoms with E-state index in [0.717, 1.165) is 11.8 Å². The molecule has 1 heteroatoms. The molecule has 0 nitrogen and oxygen atoms in total. The first kappa shape index (κ1) is 34.7. The second kappa shape index (κ2) is 22.8. The third kappa shape index (κ3) is 23.1. The van der Waals surface area contributed by atoms with Gasteiger partial charge in [-0.2, -0.15) is 0 Å². The molecule has 0 radical (unpaired) electrons. The zero-order valence-corrected chi connectivity index (χ0v) is 26.7. The summed E-state index contributed by atoms with van der Waals surface area (Å²) >= 11 is 3.47. The Kier molecular flexibility index (Phi) is 22.0. The summed E-state index contributed by atoms with van der Waals surface area (Å²) in [5, 5.41) is 0.965. The maximum Gasteiger partial charge on any atom is 0.0214 e. The Labute approximate surface area is 234 Å². The molecule has 0 aromatic carbocycles. The van der Waals surface area contributed by atoms with E-state index in [1.807, 2.05) is 0 Å². The van der Waals surface area contributed by atoms with Gasteiger partial charge < -0.3 is 0 Å². The number of rotatable bonds is 19. The first-order valence-corrected chi connectivity index (χ1v) is 15.4. The van der Waals surface area contributed by atoms with E-state index in [2.05, 4.69) is 114 Å². The molecular formula is C35H57Br. The Morgan fingerprint density at radius 2 is 0.583 bits per heavy atom. The van der Waals surface area contributed by atoms with Gasteiger partial charge in [-0.1, -0.05) is 97.5 Å². The van der Waals surface area contributed by atoms with Crippen LogP contribution < -0.4 is 0 Å². The Bertz CT molecular complexity index is 804. The van der Waals surface area contributed by atoms with E-state index in [0.29, 0.717) is 0 Å². The fourth-order valence-corrected chi connectivity index (χ4v) is 4.62. The van der Waals surface area contributed by atoms with Crippen LogP contribution in [0.5, 0.6) is 0 Å². The van der Waals surface area contributed by atoms with Gasteiger partial charge in [0.25, 0.3) is 0 Å². The van der Waals surface area contributed by atoms with Crippen molar-refractivity contribution in [2.45, 2.75) is 132 Å². The van der Waals surface area contributed by atoms with Crippen LogP contribution >= 0.6 is 15.9 Å². The van der Waals surface area contributed by atoms with Gasteiger partial charge in [-0.25, -0.2) is 0 Å². The van der Waals surface area contributed by atoms with Crippen LogP contribution in [-0.4, -0.2) is 5.33 Å². The van der Waals surface area contributed by atoms with Gasteiger partial charge in [-0.15, -0.1) is 0 Å². The SMILES string of the molecule is CC(C)=CCCC(C)=CCCC(C)=CCCC(C)=CCC/C(C)=C/CCC(C)=CCC/C(C)=C/CBr. The number of hydrogen-bond acceptors (Lipinski definition) is 0. The van der Waals surface area contributed by atoms with Gasteiger partial charge in [0.1, 0.15) is 0 Å². The minimum Gasteiger partial charge on any atom is -0.0883 e. The number of alkyl halides is 1. The molecular weight excluding hydrogens is 500 g/mol. The summed E-state index contributed by atoms with van der Waals surface area (Å²) in [7, 11) is 0. The minimum atomic E-state index is 0.965. The second-order valence-electron chi connectivity index (χ2n) is 11.0. The molecule has 0 rings (SSSR count). The van der Waals surface area contributed by atoms with Crippen LogP contribution in [0, 0.1) is 0 Å². The highest BCUT2D eigenvalue weighted by Gasteiger charge is 1.96. The monoisotopic (exact) mass is 556 g/mol. The van der Waals surface area contributed by atoms with Crippen molar-refractivity contribution in [1.82, 2.24) is 0 Å². The lowest BCUT2D eigenvalue weighted by atomic mass is 10.0. The van der Waals surface area contributed by atoms with Crippen LogP contribution in [-0.2, 0) is 0 Å². The summed E-state index contributed by atoms with van der Waals surface area (Å²) < 4.78 is 0. The number of allylic oxidation sites excluding steroid dienone is 14. The summed E-state index contributed by atoms with van der Waals surface area (Å²) in [6.45, 7) is 18.0. The largest absolute Gasteiger partial charge is 0.0883 e. The van der Waals surface area contributed by atoms with E-state index in [1.54, 1.807) is 0 Å². The van der Waals surface area contributed by atoms with Crippen molar-refractivity contribution in [3.63, 3.8) is 0 Å². The minimum absolute atomic E-state index is 0.965. The molecule has 0 N–H and O–H groups in total. The van der Waals surface area contributed by atoms with Crippen LogP contribution in [0.3, 0.4) is 0 Å². The highest BCUT2D eigenvalue weighted by molar-refractivity contribution is 9.09. The Morgan fingerprint density at radius 1 is 0.361 bits per heavy atom. The second-order valence-corrected chi connectivity index (χ2v) is 11.6. The van der Waals surface area contributed by atoms with E-state index in [-0.39, 0.29) is 0 Å². The predicted octanol–water partition coefficient (Wildman–Crippen LogP) is 12.7. The molecule has 0 unspecified atom stereocenters. The molecule has 0 aliphatic carbocycles. The van der Waals surface area contributed by atoms with Crippen molar-refractivity contribution in [2.24, 2.45) is 0 Å². The quantitative estimate of drug-likeness (QED) is 0.109. The number of halogens is 1. The van der Waals surface area contributed by atoms with E-state index in [9.17, 15) is 0 Å². The van der Waals surface area contributed by atoms with Crippen molar-refractivity contribution in [3.05, 3.63) is 81.5 Å². The molecule has 0 spiro atoms. The van der Waals surface area contributed by atoms with Gasteiger partial charge in [-0.3, -0.25) is 0 Å². The zero-order valence-electron chi connectivity index (χ0n) is 25.1. The summed E-state index contributed by atoms with van der Waals surface area (Å²) in [6.07, 6.45) is 30.9. The zero-order chi connectivity index (χ0) is 27.2. The normalized spacial score (nSPS) is 14.5. The maximum atomic E-state index is 3.47. The third-order valence-electron chi connectivity index (χ3n) is 6.67. The molecule has 0 aromatic rings. The van der Waals surface area contributed by atoms with Crippen molar-refractivity contribution < 1.29 is 0 Å². The first-order valence-electron chi connectivity index (χ1n) is 14.3. The van der Waals surface area contributed by atoms with Crippen LogP contribution in [0.2, 0.25) is 0 Å². The van der Waals surface area contributed by atoms with Crippen molar-refractivity contribution >= 4 is 15.9 Å². The molecule has 0 aliphatic heterocycles. The molecule has 0 aromatic heterocycles. The third-order valence-corrected chi connectivity index (χ3v) is 7.00. The topological polar surface area (TPSA) is 0 Å². The molecule has 0 amide bonds. The predicted molar refractivity (Wildman–Crippen MR) is 171 cm³/mol. The molecule has 0 saturated carbocycles. The van der Waals surface area contributed by atoms with Crippen LogP contribution in [0.25, 0.3) is 0 Å². The average Bonchev–Trinajstić information content (AvgIpc) is 2.79. The lowest BCUT2D eigenvalue weighted by Crippen LogP contribution is -1.83. The Morgan fingerprint density at radius 3 is 0.806 bits per heavy atom. The highest BCUT2D eigenvalue weighted by atomic mass is 79.9. The van der Waals surface area contributed by atoms with E-state index < -0.39 is 0 Å². The molecule has 0 atom stereocenters. The van der Waals surface area contributed by atoms with Crippen molar-refractivity contribution in [2.75, 3.05) is 5.33 Å². The molecule has 36 heavy (non-hydrogen) atoms. The smallest absolute Gasteiger partial charge is 0.0214 e.